The number of hydrogen-bond donors (Lipinski definition) is 0. The summed E-state index contributed by atoms with van der Waals surface area (Å²) < 4.78 is 10.2. The van der Waals surface area contributed by atoms with Crippen molar-refractivity contribution in [3.05, 3.63) is 34.9 Å². The molecule has 2 heterocycles. The zero-order chi connectivity index (χ0) is 18.8. The summed E-state index contributed by atoms with van der Waals surface area (Å²) in [6, 6.07) is 3.82. The zero-order valence-corrected chi connectivity index (χ0v) is 14.7. The highest BCUT2D eigenvalue weighted by molar-refractivity contribution is 6.22. The smallest absolute Gasteiger partial charge is 0.329 e. The van der Waals surface area contributed by atoms with Crippen LogP contribution >= 0.6 is 0 Å². The third-order valence-corrected chi connectivity index (χ3v) is 4.50. The summed E-state index contributed by atoms with van der Waals surface area (Å²) in [5.74, 6) is -2.18. The maximum Gasteiger partial charge on any atom is 0.329 e. The summed E-state index contributed by atoms with van der Waals surface area (Å²) in [6.45, 7) is 4.60. The first-order valence-electron chi connectivity index (χ1n) is 8.41. The van der Waals surface area contributed by atoms with E-state index in [1.807, 2.05) is 6.92 Å². The van der Waals surface area contributed by atoms with Crippen LogP contribution in [0, 0.1) is 6.92 Å². The number of hydrogen-bond acceptors (Lipinski definition) is 6. The number of fused-ring (bicyclic) bond motifs is 1. The molecule has 1 aromatic carbocycles. The first-order chi connectivity index (χ1) is 12.4. The molecule has 0 N–H and O–H groups in total. The molecule has 0 aliphatic carbocycles. The van der Waals surface area contributed by atoms with Crippen molar-refractivity contribution in [2.24, 2.45) is 0 Å². The third kappa shape index (κ3) is 3.32. The highest BCUT2D eigenvalue weighted by Gasteiger charge is 2.41. The molecular formula is C18H20N2O6. The monoisotopic (exact) mass is 360 g/mol. The number of ether oxygens (including phenoxy) is 2. The molecule has 0 saturated carbocycles. The van der Waals surface area contributed by atoms with Crippen molar-refractivity contribution in [3.8, 4) is 0 Å². The topological polar surface area (TPSA) is 93.2 Å². The van der Waals surface area contributed by atoms with Gasteiger partial charge in [0.05, 0.1) is 24.3 Å². The molecule has 26 heavy (non-hydrogen) atoms. The van der Waals surface area contributed by atoms with Crippen molar-refractivity contribution in [1.29, 1.82) is 0 Å². The number of aryl methyl sites for hydroxylation is 1. The molecular weight excluding hydrogens is 340 g/mol. The van der Waals surface area contributed by atoms with Crippen molar-refractivity contribution >= 4 is 23.7 Å². The highest BCUT2D eigenvalue weighted by Crippen LogP contribution is 2.26. The lowest BCUT2D eigenvalue weighted by atomic mass is 10.1. The summed E-state index contributed by atoms with van der Waals surface area (Å²) in [5.41, 5.74) is 1.39. The quantitative estimate of drug-likeness (QED) is 0.569. The lowest BCUT2D eigenvalue weighted by Gasteiger charge is -2.27. The predicted octanol–water partition coefficient (Wildman–Crippen LogP) is 0.382. The fourth-order valence-corrected chi connectivity index (χ4v) is 2.99. The van der Waals surface area contributed by atoms with Crippen LogP contribution in [-0.2, 0) is 19.1 Å². The molecule has 0 radical (unpaired) electrons. The van der Waals surface area contributed by atoms with Gasteiger partial charge in [-0.1, -0.05) is 11.6 Å². The van der Waals surface area contributed by atoms with Gasteiger partial charge in [0.25, 0.3) is 17.7 Å². The van der Waals surface area contributed by atoms with Gasteiger partial charge < -0.3 is 14.4 Å². The van der Waals surface area contributed by atoms with Gasteiger partial charge in [-0.3, -0.25) is 19.3 Å². The molecule has 2 aliphatic heterocycles. The lowest BCUT2D eigenvalue weighted by Crippen LogP contribution is -2.46. The Labute approximate surface area is 150 Å². The van der Waals surface area contributed by atoms with Crippen LogP contribution in [0.5, 0.6) is 0 Å². The number of morpholine rings is 1. The van der Waals surface area contributed by atoms with Gasteiger partial charge in [0.2, 0.25) is 0 Å². The van der Waals surface area contributed by atoms with E-state index in [-0.39, 0.29) is 17.0 Å². The van der Waals surface area contributed by atoms with E-state index in [1.165, 1.54) is 6.92 Å². The largest absolute Gasteiger partial charge is 0.454 e. The Morgan fingerprint density at radius 3 is 2.50 bits per heavy atom. The van der Waals surface area contributed by atoms with Crippen molar-refractivity contribution in [2.75, 3.05) is 32.9 Å². The van der Waals surface area contributed by atoms with Crippen LogP contribution in [-0.4, -0.2) is 72.4 Å². The molecule has 1 fully saturated rings. The van der Waals surface area contributed by atoms with Gasteiger partial charge in [-0.25, -0.2) is 4.79 Å². The number of carbonyl (C=O) groups excluding carboxylic acids is 4. The third-order valence-electron chi connectivity index (χ3n) is 4.50. The predicted molar refractivity (Wildman–Crippen MR) is 89.5 cm³/mol. The van der Waals surface area contributed by atoms with Crippen LogP contribution in [0.15, 0.2) is 18.2 Å². The van der Waals surface area contributed by atoms with Gasteiger partial charge in [0.1, 0.15) is 6.04 Å². The van der Waals surface area contributed by atoms with E-state index in [9.17, 15) is 19.2 Å². The minimum atomic E-state index is -1.11. The van der Waals surface area contributed by atoms with E-state index < -0.39 is 30.4 Å². The number of nitrogens with zero attached hydrogens (tertiary/aromatic N) is 2. The van der Waals surface area contributed by atoms with E-state index in [4.69, 9.17) is 9.47 Å². The van der Waals surface area contributed by atoms with Gasteiger partial charge in [0.15, 0.2) is 6.61 Å². The minimum Gasteiger partial charge on any atom is -0.454 e. The van der Waals surface area contributed by atoms with E-state index in [1.54, 1.807) is 23.1 Å². The van der Waals surface area contributed by atoms with Crippen molar-refractivity contribution < 1.29 is 28.7 Å². The molecule has 8 heteroatoms. The second kappa shape index (κ2) is 7.25. The highest BCUT2D eigenvalue weighted by atomic mass is 16.5. The zero-order valence-electron chi connectivity index (χ0n) is 14.7. The standard InChI is InChI=1S/C18H20N2O6/c1-11-3-4-13-14(9-11)17(23)20(16(13)22)12(2)18(24)26-10-15(21)19-5-7-25-8-6-19/h3-4,9,12H,5-8,10H2,1-2H3. The normalized spacial score (nSPS) is 17.9. The number of imide groups is 1. The number of amides is 3. The van der Waals surface area contributed by atoms with Gasteiger partial charge in [-0.05, 0) is 26.0 Å². The Balaban J connectivity index is 1.63. The molecule has 0 aromatic heterocycles. The number of benzene rings is 1. The maximum absolute atomic E-state index is 12.5. The summed E-state index contributed by atoms with van der Waals surface area (Å²) in [7, 11) is 0. The Morgan fingerprint density at radius 1 is 1.15 bits per heavy atom. The van der Waals surface area contributed by atoms with Gasteiger partial charge in [-0.2, -0.15) is 0 Å². The summed E-state index contributed by atoms with van der Waals surface area (Å²) in [6.07, 6.45) is 0. The van der Waals surface area contributed by atoms with Crippen LogP contribution in [0.4, 0.5) is 0 Å². The van der Waals surface area contributed by atoms with Gasteiger partial charge in [0, 0.05) is 13.1 Å². The fourth-order valence-electron chi connectivity index (χ4n) is 2.99. The summed E-state index contributed by atoms with van der Waals surface area (Å²) in [4.78, 5) is 51.7. The Hall–Kier alpha value is -2.74. The van der Waals surface area contributed by atoms with Gasteiger partial charge >= 0.3 is 5.97 Å². The second-order valence-corrected chi connectivity index (χ2v) is 6.31. The Bertz CT molecular complexity index is 769. The summed E-state index contributed by atoms with van der Waals surface area (Å²) >= 11 is 0. The average molecular weight is 360 g/mol. The van der Waals surface area contributed by atoms with Crippen LogP contribution < -0.4 is 0 Å². The van der Waals surface area contributed by atoms with E-state index in [0.29, 0.717) is 26.3 Å². The van der Waals surface area contributed by atoms with Crippen LogP contribution in [0.3, 0.4) is 0 Å². The Morgan fingerprint density at radius 2 is 1.81 bits per heavy atom. The molecule has 1 saturated heterocycles. The molecule has 8 nitrogen and oxygen atoms in total. The minimum absolute atomic E-state index is 0.268. The molecule has 3 rings (SSSR count). The average Bonchev–Trinajstić information content (AvgIpc) is 2.89. The number of esters is 1. The van der Waals surface area contributed by atoms with E-state index >= 15 is 0 Å². The van der Waals surface area contributed by atoms with E-state index in [2.05, 4.69) is 0 Å². The van der Waals surface area contributed by atoms with Crippen LogP contribution in [0.1, 0.15) is 33.2 Å². The van der Waals surface area contributed by atoms with Gasteiger partial charge in [-0.15, -0.1) is 0 Å². The molecule has 1 unspecified atom stereocenters. The van der Waals surface area contributed by atoms with Crippen molar-refractivity contribution in [2.45, 2.75) is 19.9 Å². The van der Waals surface area contributed by atoms with Crippen molar-refractivity contribution in [3.63, 3.8) is 0 Å². The maximum atomic E-state index is 12.5. The molecule has 2 aliphatic rings. The van der Waals surface area contributed by atoms with Crippen molar-refractivity contribution in [1.82, 2.24) is 9.80 Å². The van der Waals surface area contributed by atoms with Crippen LogP contribution in [0.2, 0.25) is 0 Å². The summed E-state index contributed by atoms with van der Waals surface area (Å²) in [5, 5.41) is 0. The molecule has 0 spiro atoms. The Kier molecular flexibility index (Phi) is 5.03. The molecule has 138 valence electrons. The lowest BCUT2D eigenvalue weighted by molar-refractivity contribution is -0.156. The second-order valence-electron chi connectivity index (χ2n) is 6.31. The molecule has 3 amide bonds. The van der Waals surface area contributed by atoms with Crippen LogP contribution in [0.25, 0.3) is 0 Å². The molecule has 0 bridgehead atoms. The van der Waals surface area contributed by atoms with E-state index in [0.717, 1.165) is 10.5 Å². The molecule has 1 aromatic rings. The molecule has 1 atom stereocenters. The fraction of sp³-hybridized carbons (Fsp3) is 0.444. The number of rotatable bonds is 4. The SMILES string of the molecule is Cc1ccc2c(c1)C(=O)N(C(C)C(=O)OCC(=O)N1CCOCC1)C2=O. The number of carbonyl (C=O) groups is 4. The first-order valence-corrected chi connectivity index (χ1v) is 8.41. The first kappa shape index (κ1) is 18.1.